The summed E-state index contributed by atoms with van der Waals surface area (Å²) in [7, 11) is 0. The van der Waals surface area contributed by atoms with Crippen molar-refractivity contribution in [2.75, 3.05) is 18.4 Å². The fourth-order valence-corrected chi connectivity index (χ4v) is 4.14. The molecule has 0 unspecified atom stereocenters. The van der Waals surface area contributed by atoms with E-state index in [0.29, 0.717) is 23.3 Å². The van der Waals surface area contributed by atoms with Crippen LogP contribution in [-0.4, -0.2) is 50.3 Å². The van der Waals surface area contributed by atoms with Gasteiger partial charge in [-0.05, 0) is 56.9 Å². The van der Waals surface area contributed by atoms with Crippen LogP contribution in [0.5, 0.6) is 0 Å². The fraction of sp³-hybridized carbons (Fsp3) is 0.348. The Bertz CT molecular complexity index is 1210. The van der Waals surface area contributed by atoms with Gasteiger partial charge in [0.25, 0.3) is 11.8 Å². The van der Waals surface area contributed by atoms with Gasteiger partial charge in [-0.15, -0.1) is 0 Å². The Hall–Kier alpha value is -3.75. The smallest absolute Gasteiger partial charge is 0.254 e. The van der Waals surface area contributed by atoms with Gasteiger partial charge in [0.15, 0.2) is 5.65 Å². The number of rotatable bonds is 6. The van der Waals surface area contributed by atoms with E-state index in [9.17, 15) is 14.4 Å². The summed E-state index contributed by atoms with van der Waals surface area (Å²) < 4.78 is 1.58. The van der Waals surface area contributed by atoms with Crippen LogP contribution in [0, 0.1) is 13.8 Å². The molecular weight excluding hydrogens is 408 g/mol. The van der Waals surface area contributed by atoms with Gasteiger partial charge in [-0.1, -0.05) is 6.07 Å². The van der Waals surface area contributed by atoms with Gasteiger partial charge in [0.1, 0.15) is 5.56 Å². The number of aromatic nitrogens is 3. The molecule has 3 amide bonds. The van der Waals surface area contributed by atoms with E-state index in [1.165, 1.54) is 6.20 Å². The molecule has 0 atom stereocenters. The number of carbonyl (C=O) groups is 3. The number of aryl methyl sites for hydroxylation is 2. The first-order valence-corrected chi connectivity index (χ1v) is 10.7. The maximum Gasteiger partial charge on any atom is 0.254 e. The molecule has 32 heavy (non-hydrogen) atoms. The summed E-state index contributed by atoms with van der Waals surface area (Å²) in [4.78, 5) is 43.1. The van der Waals surface area contributed by atoms with Crippen molar-refractivity contribution in [1.29, 1.82) is 0 Å². The van der Waals surface area contributed by atoms with Crippen LogP contribution < -0.4 is 11.1 Å². The Labute approximate surface area is 185 Å². The van der Waals surface area contributed by atoms with Crippen molar-refractivity contribution < 1.29 is 14.4 Å². The van der Waals surface area contributed by atoms with Crippen LogP contribution in [0.25, 0.3) is 5.65 Å². The van der Waals surface area contributed by atoms with Gasteiger partial charge in [-0.3, -0.25) is 14.4 Å². The van der Waals surface area contributed by atoms with Crippen LogP contribution in [0.15, 0.2) is 30.5 Å². The third kappa shape index (κ3) is 4.18. The zero-order valence-electron chi connectivity index (χ0n) is 18.2. The molecular formula is C23H26N6O3. The van der Waals surface area contributed by atoms with E-state index in [1.54, 1.807) is 28.8 Å². The number of primary amides is 1. The average Bonchev–Trinajstić information content (AvgIpc) is 3.43. The summed E-state index contributed by atoms with van der Waals surface area (Å²) >= 11 is 0. The zero-order valence-corrected chi connectivity index (χ0v) is 18.2. The first-order valence-electron chi connectivity index (χ1n) is 10.7. The minimum atomic E-state index is -0.580. The first kappa shape index (κ1) is 21.5. The Balaban J connectivity index is 1.44. The molecule has 0 aliphatic carbocycles. The highest BCUT2D eigenvalue weighted by Crippen LogP contribution is 2.20. The Morgan fingerprint density at radius 2 is 1.91 bits per heavy atom. The summed E-state index contributed by atoms with van der Waals surface area (Å²) in [6.45, 7) is 5.28. The largest absolute Gasteiger partial charge is 0.365 e. The van der Waals surface area contributed by atoms with Crippen LogP contribution >= 0.6 is 0 Å². The number of amides is 3. The van der Waals surface area contributed by atoms with Crippen molar-refractivity contribution in [2.24, 2.45) is 5.73 Å². The lowest BCUT2D eigenvalue weighted by Crippen LogP contribution is -2.27. The molecule has 9 nitrogen and oxygen atoms in total. The average molecular weight is 435 g/mol. The van der Waals surface area contributed by atoms with E-state index in [-0.39, 0.29) is 23.8 Å². The molecule has 166 valence electrons. The lowest BCUT2D eigenvalue weighted by atomic mass is 10.1. The number of fused-ring (bicyclic) bond motifs is 1. The van der Waals surface area contributed by atoms with Gasteiger partial charge in [0.2, 0.25) is 5.91 Å². The third-order valence-electron chi connectivity index (χ3n) is 5.86. The zero-order chi connectivity index (χ0) is 22.8. The van der Waals surface area contributed by atoms with Crippen molar-refractivity contribution >= 4 is 29.1 Å². The van der Waals surface area contributed by atoms with Gasteiger partial charge >= 0.3 is 0 Å². The lowest BCUT2D eigenvalue weighted by Gasteiger charge is -2.16. The van der Waals surface area contributed by atoms with E-state index in [2.05, 4.69) is 15.4 Å². The van der Waals surface area contributed by atoms with Crippen molar-refractivity contribution in [3.63, 3.8) is 0 Å². The molecule has 1 saturated heterocycles. The van der Waals surface area contributed by atoms with Crippen LogP contribution in [0.1, 0.15) is 56.9 Å². The Kier molecular flexibility index (Phi) is 5.89. The number of hydrogen-bond donors (Lipinski definition) is 2. The number of nitrogens with two attached hydrogens (primary N) is 1. The SMILES string of the molecule is Cc1nc2c(C(N)=O)cnn2c(C)c1CCC(=O)Nc1cccc(C(=O)N2CCCC2)c1. The topological polar surface area (TPSA) is 123 Å². The molecule has 4 rings (SSSR count). The highest BCUT2D eigenvalue weighted by atomic mass is 16.2. The molecule has 0 bridgehead atoms. The lowest BCUT2D eigenvalue weighted by molar-refractivity contribution is -0.116. The molecule has 1 fully saturated rings. The monoisotopic (exact) mass is 434 g/mol. The molecule has 3 aromatic rings. The highest BCUT2D eigenvalue weighted by Gasteiger charge is 2.20. The molecule has 9 heteroatoms. The molecule has 3 N–H and O–H groups in total. The number of benzene rings is 1. The molecule has 0 spiro atoms. The van der Waals surface area contributed by atoms with Crippen molar-refractivity contribution in [1.82, 2.24) is 19.5 Å². The minimum Gasteiger partial charge on any atom is -0.365 e. The van der Waals surface area contributed by atoms with E-state index >= 15 is 0 Å². The van der Waals surface area contributed by atoms with Crippen LogP contribution in [0.4, 0.5) is 5.69 Å². The first-order chi connectivity index (χ1) is 15.3. The maximum atomic E-state index is 12.6. The predicted octanol–water partition coefficient (Wildman–Crippen LogP) is 2.25. The normalized spacial score (nSPS) is 13.5. The van der Waals surface area contributed by atoms with E-state index in [0.717, 1.165) is 42.9 Å². The molecule has 1 aromatic carbocycles. The van der Waals surface area contributed by atoms with Gasteiger partial charge in [0, 0.05) is 42.1 Å². The van der Waals surface area contributed by atoms with Crippen LogP contribution in [-0.2, 0) is 11.2 Å². The van der Waals surface area contributed by atoms with Gasteiger partial charge in [-0.2, -0.15) is 5.10 Å². The van der Waals surface area contributed by atoms with Crippen LogP contribution in [0.2, 0.25) is 0 Å². The Morgan fingerprint density at radius 1 is 1.16 bits per heavy atom. The van der Waals surface area contributed by atoms with E-state index in [1.807, 2.05) is 18.7 Å². The highest BCUT2D eigenvalue weighted by molar-refractivity contribution is 5.99. The van der Waals surface area contributed by atoms with Gasteiger partial charge in [0.05, 0.1) is 6.20 Å². The summed E-state index contributed by atoms with van der Waals surface area (Å²) in [6.07, 6.45) is 4.17. The number of hydrogen-bond acceptors (Lipinski definition) is 5. The van der Waals surface area contributed by atoms with Crippen molar-refractivity contribution in [3.05, 3.63) is 58.5 Å². The summed E-state index contributed by atoms with van der Waals surface area (Å²) in [5.41, 5.74) is 9.68. The molecule has 1 aliphatic heterocycles. The molecule has 2 aromatic heterocycles. The second kappa shape index (κ2) is 8.78. The summed E-state index contributed by atoms with van der Waals surface area (Å²) in [5, 5.41) is 7.09. The maximum absolute atomic E-state index is 12.6. The number of nitrogens with zero attached hydrogens (tertiary/aromatic N) is 4. The number of anilines is 1. The van der Waals surface area contributed by atoms with Crippen molar-refractivity contribution in [2.45, 2.75) is 39.5 Å². The van der Waals surface area contributed by atoms with Crippen molar-refractivity contribution in [3.8, 4) is 0 Å². The van der Waals surface area contributed by atoms with Gasteiger partial charge in [-0.25, -0.2) is 9.50 Å². The molecule has 0 saturated carbocycles. The fourth-order valence-electron chi connectivity index (χ4n) is 4.14. The predicted molar refractivity (Wildman–Crippen MR) is 120 cm³/mol. The van der Waals surface area contributed by atoms with E-state index < -0.39 is 5.91 Å². The summed E-state index contributed by atoms with van der Waals surface area (Å²) in [5.74, 6) is -0.740. The minimum absolute atomic E-state index is 0.00113. The summed E-state index contributed by atoms with van der Waals surface area (Å²) in [6, 6.07) is 7.04. The molecule has 1 aliphatic rings. The molecule has 0 radical (unpaired) electrons. The number of likely N-dealkylation sites (tertiary alicyclic amines) is 1. The quantitative estimate of drug-likeness (QED) is 0.616. The Morgan fingerprint density at radius 3 is 2.62 bits per heavy atom. The van der Waals surface area contributed by atoms with Gasteiger partial charge < -0.3 is 16.0 Å². The standard InChI is InChI=1S/C23H26N6O3/c1-14-18(15(2)29-22(26-14)19(13-25-29)21(24)31)8-9-20(30)27-17-7-5-6-16(12-17)23(32)28-10-3-4-11-28/h5-7,12-13H,3-4,8-11H2,1-2H3,(H2,24,31)(H,27,30). The third-order valence-corrected chi connectivity index (χ3v) is 5.86. The van der Waals surface area contributed by atoms with E-state index in [4.69, 9.17) is 5.73 Å². The number of carbonyl (C=O) groups excluding carboxylic acids is 3. The number of nitrogens with one attached hydrogen (secondary N) is 1. The second-order valence-corrected chi connectivity index (χ2v) is 8.05. The molecule has 3 heterocycles. The van der Waals surface area contributed by atoms with Crippen LogP contribution in [0.3, 0.4) is 0 Å². The second-order valence-electron chi connectivity index (χ2n) is 8.05.